The Kier molecular flexibility index (Phi) is 8.01. The first kappa shape index (κ1) is 22.8. The van der Waals surface area contributed by atoms with Crippen LogP contribution < -0.4 is 11.1 Å². The fourth-order valence-corrected chi connectivity index (χ4v) is 3.86. The van der Waals surface area contributed by atoms with Crippen LogP contribution in [0.4, 0.5) is 5.69 Å². The molecule has 0 radical (unpaired) electrons. The van der Waals surface area contributed by atoms with E-state index in [1.807, 2.05) is 84.9 Å². The highest BCUT2D eigenvalue weighted by Gasteiger charge is 2.27. The van der Waals surface area contributed by atoms with Gasteiger partial charge in [0.1, 0.15) is 0 Å². The summed E-state index contributed by atoms with van der Waals surface area (Å²) in [5.41, 5.74) is 11.7. The number of rotatable bonds is 6. The summed E-state index contributed by atoms with van der Waals surface area (Å²) in [5, 5.41) is 2.98. The smallest absolute Gasteiger partial charge is 0.242 e. The highest BCUT2D eigenvalue weighted by Crippen LogP contribution is 2.28. The topological polar surface area (TPSA) is 64.4 Å². The second-order valence-corrected chi connectivity index (χ2v) is 7.45. The maximum absolute atomic E-state index is 13.0. The molecule has 0 bridgehead atoms. The third kappa shape index (κ3) is 5.61. The van der Waals surface area contributed by atoms with Crippen molar-refractivity contribution >= 4 is 29.6 Å². The van der Waals surface area contributed by atoms with Gasteiger partial charge in [-0.15, -0.1) is 12.4 Å². The number of ether oxygens (including phenoxy) is 1. The van der Waals surface area contributed by atoms with Crippen molar-refractivity contribution < 1.29 is 9.53 Å². The minimum absolute atomic E-state index is 0. The molecule has 31 heavy (non-hydrogen) atoms. The molecule has 1 heterocycles. The third-order valence-corrected chi connectivity index (χ3v) is 5.47. The molecule has 1 aliphatic heterocycles. The van der Waals surface area contributed by atoms with Crippen LogP contribution >= 0.6 is 12.4 Å². The van der Waals surface area contributed by atoms with Gasteiger partial charge in [0.15, 0.2) is 0 Å². The quantitative estimate of drug-likeness (QED) is 0.573. The summed E-state index contributed by atoms with van der Waals surface area (Å²) in [4.78, 5) is 13.0. The zero-order valence-corrected chi connectivity index (χ0v) is 18.1. The first-order valence-corrected chi connectivity index (χ1v) is 10.3. The van der Waals surface area contributed by atoms with E-state index in [-0.39, 0.29) is 24.2 Å². The van der Waals surface area contributed by atoms with Crippen LogP contribution in [0.1, 0.15) is 29.0 Å². The fourth-order valence-electron chi connectivity index (χ4n) is 3.86. The summed E-state index contributed by atoms with van der Waals surface area (Å²) in [7, 11) is 0. The normalized spacial score (nSPS) is 14.3. The molecule has 1 atom stereocenters. The Bertz CT molecular complexity index is 965. The number of benzene rings is 3. The van der Waals surface area contributed by atoms with E-state index < -0.39 is 6.04 Å². The molecule has 3 aromatic rings. The van der Waals surface area contributed by atoms with E-state index in [0.29, 0.717) is 6.61 Å². The van der Waals surface area contributed by atoms with Crippen molar-refractivity contribution in [1.82, 2.24) is 0 Å². The molecule has 0 saturated heterocycles. The molecule has 3 aromatic carbocycles. The molecule has 160 valence electrons. The van der Waals surface area contributed by atoms with Gasteiger partial charge < -0.3 is 15.8 Å². The summed E-state index contributed by atoms with van der Waals surface area (Å²) in [5.74, 6) is -0.426. The van der Waals surface area contributed by atoms with E-state index in [0.717, 1.165) is 35.4 Å². The molecule has 0 aromatic heterocycles. The van der Waals surface area contributed by atoms with Crippen LogP contribution in [0.25, 0.3) is 5.57 Å². The van der Waals surface area contributed by atoms with Crippen LogP contribution in [0.15, 0.2) is 91.0 Å². The summed E-state index contributed by atoms with van der Waals surface area (Å²) in [6, 6.07) is 27.1. The Balaban J connectivity index is 0.00000272. The fraction of sp³-hybridized carbons (Fsp3) is 0.192. The Morgan fingerprint density at radius 2 is 1.45 bits per heavy atom. The number of hydrogen-bond acceptors (Lipinski definition) is 3. The number of carbonyl (C=O) groups excluding carboxylic acids is 1. The Labute approximate surface area is 189 Å². The second kappa shape index (κ2) is 10.9. The molecular weight excluding hydrogens is 408 g/mol. The van der Waals surface area contributed by atoms with Gasteiger partial charge in [0.05, 0.1) is 19.3 Å². The molecule has 4 nitrogen and oxygen atoms in total. The standard InChI is InChI=1S/C26H26N2O2.ClH/c27-25(24(21-7-3-1-4-8-21)22-9-5-2-6-10-22)26(29)28-23-13-11-19(12-14-23)20-15-17-30-18-16-20;/h1-15,24-25H,16-18,27H2,(H,28,29);1H. The van der Waals surface area contributed by atoms with Gasteiger partial charge in [0, 0.05) is 11.6 Å². The second-order valence-electron chi connectivity index (χ2n) is 7.45. The van der Waals surface area contributed by atoms with Crippen LogP contribution in [-0.2, 0) is 9.53 Å². The van der Waals surface area contributed by atoms with Crippen molar-refractivity contribution in [2.75, 3.05) is 18.5 Å². The Morgan fingerprint density at radius 3 is 1.97 bits per heavy atom. The minimum atomic E-state index is -0.715. The van der Waals surface area contributed by atoms with E-state index in [9.17, 15) is 4.79 Å². The molecule has 3 N–H and O–H groups in total. The zero-order chi connectivity index (χ0) is 20.8. The van der Waals surface area contributed by atoms with Crippen molar-refractivity contribution in [3.8, 4) is 0 Å². The highest BCUT2D eigenvalue weighted by atomic mass is 35.5. The summed E-state index contributed by atoms with van der Waals surface area (Å²) < 4.78 is 5.37. The molecule has 1 aliphatic rings. The number of nitrogens with two attached hydrogens (primary N) is 1. The predicted octanol–water partition coefficient (Wildman–Crippen LogP) is 5.01. The average molecular weight is 435 g/mol. The van der Waals surface area contributed by atoms with Gasteiger partial charge >= 0.3 is 0 Å². The van der Waals surface area contributed by atoms with Crippen molar-refractivity contribution in [3.05, 3.63) is 108 Å². The highest BCUT2D eigenvalue weighted by molar-refractivity contribution is 5.96. The van der Waals surface area contributed by atoms with Crippen molar-refractivity contribution in [2.45, 2.75) is 18.4 Å². The predicted molar refractivity (Wildman–Crippen MR) is 128 cm³/mol. The van der Waals surface area contributed by atoms with Crippen LogP contribution in [0.5, 0.6) is 0 Å². The van der Waals surface area contributed by atoms with E-state index >= 15 is 0 Å². The van der Waals surface area contributed by atoms with Crippen molar-refractivity contribution in [1.29, 1.82) is 0 Å². The molecule has 1 amide bonds. The van der Waals surface area contributed by atoms with Gasteiger partial charge in [-0.25, -0.2) is 0 Å². The van der Waals surface area contributed by atoms with E-state index in [1.54, 1.807) is 0 Å². The summed E-state index contributed by atoms with van der Waals surface area (Å²) >= 11 is 0. The van der Waals surface area contributed by atoms with Gasteiger partial charge in [-0.2, -0.15) is 0 Å². The molecule has 1 unspecified atom stereocenters. The largest absolute Gasteiger partial charge is 0.377 e. The summed E-state index contributed by atoms with van der Waals surface area (Å²) in [6.07, 6.45) is 3.02. The first-order chi connectivity index (χ1) is 14.7. The average Bonchev–Trinajstić information content (AvgIpc) is 2.82. The van der Waals surface area contributed by atoms with Gasteiger partial charge in [-0.1, -0.05) is 78.9 Å². The van der Waals surface area contributed by atoms with E-state index in [1.165, 1.54) is 5.57 Å². The van der Waals surface area contributed by atoms with Crippen LogP contribution in [0, 0.1) is 0 Å². The Morgan fingerprint density at radius 1 is 0.871 bits per heavy atom. The number of halogens is 1. The summed E-state index contributed by atoms with van der Waals surface area (Å²) in [6.45, 7) is 1.41. The van der Waals surface area contributed by atoms with Gasteiger partial charge in [-0.3, -0.25) is 4.79 Å². The third-order valence-electron chi connectivity index (χ3n) is 5.47. The number of anilines is 1. The molecule has 0 fully saturated rings. The number of nitrogens with one attached hydrogen (secondary N) is 1. The van der Waals surface area contributed by atoms with E-state index in [2.05, 4.69) is 11.4 Å². The lowest BCUT2D eigenvalue weighted by Crippen LogP contribution is -2.41. The van der Waals surface area contributed by atoms with Crippen LogP contribution in [-0.4, -0.2) is 25.2 Å². The first-order valence-electron chi connectivity index (χ1n) is 10.3. The number of hydrogen-bond donors (Lipinski definition) is 2. The lowest BCUT2D eigenvalue weighted by Gasteiger charge is -2.24. The Hall–Kier alpha value is -2.92. The number of carbonyl (C=O) groups is 1. The molecular formula is C26H27ClN2O2. The van der Waals surface area contributed by atoms with Crippen molar-refractivity contribution in [2.24, 2.45) is 5.73 Å². The molecule has 0 spiro atoms. The van der Waals surface area contributed by atoms with Crippen LogP contribution in [0.2, 0.25) is 0 Å². The van der Waals surface area contributed by atoms with Gasteiger partial charge in [-0.05, 0) is 40.8 Å². The molecule has 5 heteroatoms. The van der Waals surface area contributed by atoms with Crippen LogP contribution in [0.3, 0.4) is 0 Å². The minimum Gasteiger partial charge on any atom is -0.377 e. The van der Waals surface area contributed by atoms with Gasteiger partial charge in [0.2, 0.25) is 5.91 Å². The lowest BCUT2D eigenvalue weighted by atomic mass is 9.85. The monoisotopic (exact) mass is 434 g/mol. The molecule has 0 aliphatic carbocycles. The maximum Gasteiger partial charge on any atom is 0.242 e. The number of amides is 1. The molecule has 0 saturated carbocycles. The van der Waals surface area contributed by atoms with Crippen molar-refractivity contribution in [3.63, 3.8) is 0 Å². The zero-order valence-electron chi connectivity index (χ0n) is 17.2. The lowest BCUT2D eigenvalue weighted by molar-refractivity contribution is -0.117. The van der Waals surface area contributed by atoms with Gasteiger partial charge in [0.25, 0.3) is 0 Å². The SMILES string of the molecule is Cl.NC(C(=O)Nc1ccc(C2=CCOCC2)cc1)C(c1ccccc1)c1ccccc1. The maximum atomic E-state index is 13.0. The van der Waals surface area contributed by atoms with E-state index in [4.69, 9.17) is 10.5 Å². The molecule has 4 rings (SSSR count).